The summed E-state index contributed by atoms with van der Waals surface area (Å²) in [5.74, 6) is 2.39. The van der Waals surface area contributed by atoms with Gasteiger partial charge in [0.25, 0.3) is 0 Å². The zero-order valence-electron chi connectivity index (χ0n) is 13.8. The van der Waals surface area contributed by atoms with Crippen molar-refractivity contribution in [3.8, 4) is 0 Å². The highest BCUT2D eigenvalue weighted by atomic mass is 32.2. The molecule has 24 heavy (non-hydrogen) atoms. The molecule has 0 saturated heterocycles. The van der Waals surface area contributed by atoms with Gasteiger partial charge in [0, 0.05) is 11.8 Å². The molecule has 7 heteroatoms. The Balaban J connectivity index is 1.58. The molecule has 1 aromatic carbocycles. The van der Waals surface area contributed by atoms with Gasteiger partial charge < -0.3 is 4.52 Å². The van der Waals surface area contributed by atoms with E-state index in [9.17, 15) is 8.42 Å². The summed E-state index contributed by atoms with van der Waals surface area (Å²) < 4.78 is 28.3. The second kappa shape index (κ2) is 5.13. The summed E-state index contributed by atoms with van der Waals surface area (Å²) >= 11 is 0. The van der Waals surface area contributed by atoms with Crippen LogP contribution in [0.5, 0.6) is 0 Å². The summed E-state index contributed by atoms with van der Waals surface area (Å²) in [5, 5.41) is 9.32. The highest BCUT2D eigenvalue weighted by Crippen LogP contribution is 2.69. The number of nitrogens with zero attached hydrogens (tertiary/aromatic N) is 2. The quantitative estimate of drug-likeness (QED) is 0.917. The number of benzene rings is 1. The van der Waals surface area contributed by atoms with Crippen LogP contribution in [0, 0.1) is 5.41 Å². The summed E-state index contributed by atoms with van der Waals surface area (Å²) in [5.41, 5.74) is 1.08. The molecule has 0 unspecified atom stereocenters. The zero-order valence-corrected chi connectivity index (χ0v) is 14.6. The van der Waals surface area contributed by atoms with E-state index in [1.807, 2.05) is 12.1 Å². The molecule has 0 radical (unpaired) electrons. The van der Waals surface area contributed by atoms with E-state index < -0.39 is 10.0 Å². The lowest BCUT2D eigenvalue weighted by atomic mass is 9.85. The molecular formula is C17H21N3O3S. The smallest absolute Gasteiger partial charge is 0.238 e. The first-order valence-electron chi connectivity index (χ1n) is 8.25. The Morgan fingerprint density at radius 2 is 1.83 bits per heavy atom. The monoisotopic (exact) mass is 347 g/mol. The number of hydrogen-bond acceptors (Lipinski definition) is 5. The summed E-state index contributed by atoms with van der Waals surface area (Å²) in [6.45, 7) is 4.34. The van der Waals surface area contributed by atoms with Gasteiger partial charge in [0.1, 0.15) is 0 Å². The predicted octanol–water partition coefficient (Wildman–Crippen LogP) is 2.89. The summed E-state index contributed by atoms with van der Waals surface area (Å²) in [4.78, 5) is 4.76. The predicted molar refractivity (Wildman–Crippen MR) is 88.0 cm³/mol. The fourth-order valence-corrected chi connectivity index (χ4v) is 4.31. The number of rotatable bonds is 4. The molecule has 2 fully saturated rings. The molecule has 2 saturated carbocycles. The molecule has 1 aromatic heterocycles. The molecule has 128 valence electrons. The maximum absolute atomic E-state index is 11.4. The molecule has 0 aliphatic heterocycles. The number of nitrogens with two attached hydrogens (primary N) is 1. The first-order valence-corrected chi connectivity index (χ1v) is 9.79. The number of hydrogen-bond donors (Lipinski definition) is 1. The number of sulfonamides is 1. The molecular weight excluding hydrogens is 326 g/mol. The molecule has 0 bridgehead atoms. The minimum atomic E-state index is -3.66. The summed E-state index contributed by atoms with van der Waals surface area (Å²) in [6.07, 6.45) is 3.53. The Bertz CT molecular complexity index is 867. The van der Waals surface area contributed by atoms with E-state index in [0.29, 0.717) is 11.8 Å². The van der Waals surface area contributed by atoms with E-state index in [-0.39, 0.29) is 22.1 Å². The van der Waals surface area contributed by atoms with E-state index in [1.54, 1.807) is 12.1 Å². The molecule has 2 atom stereocenters. The molecule has 2 aromatic rings. The highest BCUT2D eigenvalue weighted by Gasteiger charge is 2.62. The van der Waals surface area contributed by atoms with Crippen LogP contribution in [0.4, 0.5) is 0 Å². The lowest BCUT2D eigenvalue weighted by Crippen LogP contribution is -2.11. The van der Waals surface area contributed by atoms with Crippen molar-refractivity contribution in [3.63, 3.8) is 0 Å². The zero-order chi connectivity index (χ0) is 17.1. The fourth-order valence-electron chi connectivity index (χ4n) is 3.79. The van der Waals surface area contributed by atoms with Gasteiger partial charge in [-0.1, -0.05) is 37.6 Å². The Labute approximate surface area is 141 Å². The summed E-state index contributed by atoms with van der Waals surface area (Å²) in [6, 6.07) is 6.78. The van der Waals surface area contributed by atoms with Crippen LogP contribution in [-0.4, -0.2) is 18.6 Å². The second-order valence-corrected chi connectivity index (χ2v) is 9.07. The lowest BCUT2D eigenvalue weighted by molar-refractivity contribution is 0.342. The Morgan fingerprint density at radius 3 is 2.38 bits per heavy atom. The molecule has 0 spiro atoms. The van der Waals surface area contributed by atoms with Gasteiger partial charge in [-0.3, -0.25) is 0 Å². The van der Waals surface area contributed by atoms with Crippen molar-refractivity contribution in [2.24, 2.45) is 10.6 Å². The topological polar surface area (TPSA) is 99.1 Å². The Hall–Kier alpha value is -1.73. The van der Waals surface area contributed by atoms with Crippen molar-refractivity contribution in [2.75, 3.05) is 0 Å². The van der Waals surface area contributed by atoms with Crippen molar-refractivity contribution < 1.29 is 12.9 Å². The number of aromatic nitrogens is 2. The van der Waals surface area contributed by atoms with Gasteiger partial charge >= 0.3 is 0 Å². The van der Waals surface area contributed by atoms with Gasteiger partial charge in [-0.25, -0.2) is 13.6 Å². The molecule has 1 heterocycles. The maximum Gasteiger partial charge on any atom is 0.238 e. The first kappa shape index (κ1) is 15.8. The average molecular weight is 347 g/mol. The maximum atomic E-state index is 11.4. The fraction of sp³-hybridized carbons (Fsp3) is 0.529. The van der Waals surface area contributed by atoms with Crippen LogP contribution < -0.4 is 5.14 Å². The van der Waals surface area contributed by atoms with Gasteiger partial charge in [-0.2, -0.15) is 4.98 Å². The van der Waals surface area contributed by atoms with Crippen LogP contribution in [0.15, 0.2) is 33.7 Å². The van der Waals surface area contributed by atoms with Crippen molar-refractivity contribution in [2.45, 2.75) is 55.8 Å². The van der Waals surface area contributed by atoms with Gasteiger partial charge in [0.2, 0.25) is 15.9 Å². The van der Waals surface area contributed by atoms with E-state index in [0.717, 1.165) is 24.2 Å². The minimum Gasteiger partial charge on any atom is -0.339 e. The minimum absolute atomic E-state index is 0.00647. The third kappa shape index (κ3) is 2.46. The summed E-state index contributed by atoms with van der Waals surface area (Å²) in [7, 11) is -3.66. The van der Waals surface area contributed by atoms with Gasteiger partial charge in [0.05, 0.1) is 10.8 Å². The van der Waals surface area contributed by atoms with Crippen LogP contribution in [0.3, 0.4) is 0 Å². The standard InChI is InChI=1S/C17H21N3O3S/c1-17(2)13(10-6-8-12(9-7-10)24(18,21)22)14(17)16-19-15(20-23-16)11-4-3-5-11/h6-9,11,13-14H,3-5H2,1-2H3,(H2,18,21,22)/t13-,14+/m1/s1. The first-order chi connectivity index (χ1) is 11.3. The van der Waals surface area contributed by atoms with E-state index in [2.05, 4.69) is 24.0 Å². The molecule has 2 N–H and O–H groups in total. The van der Waals surface area contributed by atoms with Crippen LogP contribution in [0.1, 0.15) is 68.1 Å². The van der Waals surface area contributed by atoms with E-state index >= 15 is 0 Å². The SMILES string of the molecule is CC1(C)[C@H](c2ccc(S(N)(=O)=O)cc2)[C@H]1c1nc(C2CCC2)no1. The second-order valence-electron chi connectivity index (χ2n) is 7.51. The molecule has 6 nitrogen and oxygen atoms in total. The molecule has 2 aliphatic rings. The third-order valence-corrected chi connectivity index (χ3v) is 6.52. The third-order valence-electron chi connectivity index (χ3n) is 5.59. The van der Waals surface area contributed by atoms with Crippen molar-refractivity contribution in [1.82, 2.24) is 10.1 Å². The average Bonchev–Trinajstić information content (AvgIpc) is 2.79. The van der Waals surface area contributed by atoms with E-state index in [4.69, 9.17) is 9.66 Å². The van der Waals surface area contributed by atoms with Crippen LogP contribution in [0.25, 0.3) is 0 Å². The molecule has 2 aliphatic carbocycles. The van der Waals surface area contributed by atoms with E-state index in [1.165, 1.54) is 6.42 Å². The largest absolute Gasteiger partial charge is 0.339 e. The van der Waals surface area contributed by atoms with Crippen LogP contribution in [-0.2, 0) is 10.0 Å². The van der Waals surface area contributed by atoms with Crippen LogP contribution in [0.2, 0.25) is 0 Å². The Morgan fingerprint density at radius 1 is 1.17 bits per heavy atom. The molecule has 0 amide bonds. The Kier molecular flexibility index (Phi) is 3.37. The van der Waals surface area contributed by atoms with Crippen molar-refractivity contribution in [3.05, 3.63) is 41.5 Å². The molecule has 4 rings (SSSR count). The normalized spacial score (nSPS) is 26.1. The number of primary sulfonamides is 1. The van der Waals surface area contributed by atoms with Crippen molar-refractivity contribution in [1.29, 1.82) is 0 Å². The van der Waals surface area contributed by atoms with Crippen LogP contribution >= 0.6 is 0 Å². The lowest BCUT2D eigenvalue weighted by Gasteiger charge is -2.20. The van der Waals surface area contributed by atoms with Gasteiger partial charge in [0.15, 0.2) is 5.82 Å². The van der Waals surface area contributed by atoms with Gasteiger partial charge in [-0.15, -0.1) is 0 Å². The van der Waals surface area contributed by atoms with Gasteiger partial charge in [-0.05, 0) is 36.0 Å². The highest BCUT2D eigenvalue weighted by molar-refractivity contribution is 7.89. The van der Waals surface area contributed by atoms with Crippen molar-refractivity contribution >= 4 is 10.0 Å².